The monoisotopic (exact) mass is 228 g/mol. The number of rotatable bonds is 3. The van der Waals surface area contributed by atoms with Crippen molar-refractivity contribution in [2.45, 2.75) is 77.3 Å². The average Bonchev–Trinajstić information content (AvgIpc) is 2.38. The van der Waals surface area contributed by atoms with Crippen molar-refractivity contribution >= 4 is 7.92 Å². The van der Waals surface area contributed by atoms with Gasteiger partial charge in [0.2, 0.25) is 0 Å². The largest absolute Gasteiger partial charge is 0.101 e. The summed E-state index contributed by atoms with van der Waals surface area (Å²) in [5.74, 6) is 0. The summed E-state index contributed by atoms with van der Waals surface area (Å²) in [6, 6.07) is 0. The second-order valence-electron chi connectivity index (χ2n) is 5.03. The standard InChI is InChI=1S/C14H29P/c1-4-14(5-2)12-10-8-7-9-11-13-15(14)6-3/h4-13H2,1-3H3. The van der Waals surface area contributed by atoms with Gasteiger partial charge in [-0.25, -0.2) is 0 Å². The number of hydrogen-bond donors (Lipinski definition) is 0. The Balaban J connectivity index is 2.72. The molecule has 1 heterocycles. The number of hydrogen-bond acceptors (Lipinski definition) is 0. The van der Waals surface area contributed by atoms with Gasteiger partial charge in [-0.05, 0) is 43.2 Å². The smallest absolute Gasteiger partial charge is 0.00997 e. The van der Waals surface area contributed by atoms with Crippen molar-refractivity contribution < 1.29 is 0 Å². The van der Waals surface area contributed by atoms with Gasteiger partial charge < -0.3 is 0 Å². The fourth-order valence-electron chi connectivity index (χ4n) is 3.23. The molecule has 1 aliphatic rings. The second-order valence-corrected chi connectivity index (χ2v) is 8.14. The second kappa shape index (κ2) is 6.89. The molecule has 0 spiro atoms. The van der Waals surface area contributed by atoms with Crippen LogP contribution in [0.25, 0.3) is 0 Å². The lowest BCUT2D eigenvalue weighted by molar-refractivity contribution is 0.468. The zero-order chi connectivity index (χ0) is 11.1. The lowest BCUT2D eigenvalue weighted by Gasteiger charge is -2.40. The highest BCUT2D eigenvalue weighted by Crippen LogP contribution is 2.57. The maximum atomic E-state index is 2.44. The van der Waals surface area contributed by atoms with Crippen LogP contribution in [-0.4, -0.2) is 17.5 Å². The molecule has 1 rings (SSSR count). The molecule has 0 aliphatic carbocycles. The Kier molecular flexibility index (Phi) is 6.20. The van der Waals surface area contributed by atoms with Gasteiger partial charge in [-0.2, -0.15) is 0 Å². The first-order valence-electron chi connectivity index (χ1n) is 7.04. The van der Waals surface area contributed by atoms with E-state index in [1.54, 1.807) is 6.16 Å². The minimum atomic E-state index is 0.322. The van der Waals surface area contributed by atoms with Crippen molar-refractivity contribution in [1.82, 2.24) is 0 Å². The molecular formula is C14H29P. The molecule has 0 amide bonds. The Morgan fingerprint density at radius 2 is 1.47 bits per heavy atom. The summed E-state index contributed by atoms with van der Waals surface area (Å²) in [5, 5.41) is 0.758. The Hall–Kier alpha value is 0.430. The Morgan fingerprint density at radius 1 is 0.867 bits per heavy atom. The molecular weight excluding hydrogens is 199 g/mol. The summed E-state index contributed by atoms with van der Waals surface area (Å²) in [6.07, 6.45) is 14.9. The molecule has 1 unspecified atom stereocenters. The van der Waals surface area contributed by atoms with Crippen molar-refractivity contribution in [2.75, 3.05) is 12.3 Å². The van der Waals surface area contributed by atoms with Crippen LogP contribution in [0.4, 0.5) is 0 Å². The summed E-state index contributed by atoms with van der Waals surface area (Å²) in [6.45, 7) is 7.31. The van der Waals surface area contributed by atoms with Gasteiger partial charge in [-0.1, -0.05) is 46.5 Å². The van der Waals surface area contributed by atoms with Gasteiger partial charge in [0.1, 0.15) is 0 Å². The van der Waals surface area contributed by atoms with Crippen molar-refractivity contribution in [3.05, 3.63) is 0 Å². The third-order valence-corrected chi connectivity index (χ3v) is 8.26. The van der Waals surface area contributed by atoms with E-state index in [4.69, 9.17) is 0 Å². The minimum absolute atomic E-state index is 0.322. The molecule has 1 aliphatic heterocycles. The molecule has 1 heteroatoms. The van der Waals surface area contributed by atoms with E-state index < -0.39 is 0 Å². The first kappa shape index (κ1) is 13.5. The molecule has 0 saturated carbocycles. The van der Waals surface area contributed by atoms with Gasteiger partial charge >= 0.3 is 0 Å². The van der Waals surface area contributed by atoms with E-state index in [-0.39, 0.29) is 0 Å². The first-order valence-corrected chi connectivity index (χ1v) is 8.75. The maximum Gasteiger partial charge on any atom is -0.00997 e. The zero-order valence-electron chi connectivity index (χ0n) is 11.0. The van der Waals surface area contributed by atoms with E-state index in [1.807, 2.05) is 0 Å². The van der Waals surface area contributed by atoms with E-state index in [9.17, 15) is 0 Å². The van der Waals surface area contributed by atoms with Gasteiger partial charge in [-0.3, -0.25) is 0 Å². The lowest BCUT2D eigenvalue weighted by atomic mass is 9.94. The molecule has 15 heavy (non-hydrogen) atoms. The van der Waals surface area contributed by atoms with Crippen LogP contribution < -0.4 is 0 Å². The Labute approximate surface area is 98.0 Å². The molecule has 1 fully saturated rings. The van der Waals surface area contributed by atoms with Crippen molar-refractivity contribution in [3.8, 4) is 0 Å². The van der Waals surface area contributed by atoms with Crippen LogP contribution in [-0.2, 0) is 0 Å². The van der Waals surface area contributed by atoms with E-state index in [1.165, 1.54) is 57.5 Å². The van der Waals surface area contributed by atoms with Gasteiger partial charge in [0.25, 0.3) is 0 Å². The van der Waals surface area contributed by atoms with Gasteiger partial charge in [0.15, 0.2) is 0 Å². The van der Waals surface area contributed by atoms with Crippen molar-refractivity contribution in [3.63, 3.8) is 0 Å². The van der Waals surface area contributed by atoms with Crippen molar-refractivity contribution in [2.24, 2.45) is 0 Å². The highest BCUT2D eigenvalue weighted by atomic mass is 31.1. The highest BCUT2D eigenvalue weighted by Gasteiger charge is 2.33. The summed E-state index contributed by atoms with van der Waals surface area (Å²) in [5.41, 5.74) is 0. The molecule has 1 saturated heterocycles. The first-order chi connectivity index (χ1) is 7.29. The molecule has 0 aromatic heterocycles. The molecule has 0 radical (unpaired) electrons. The van der Waals surface area contributed by atoms with Crippen LogP contribution in [0.15, 0.2) is 0 Å². The van der Waals surface area contributed by atoms with Crippen LogP contribution in [0.1, 0.15) is 72.1 Å². The van der Waals surface area contributed by atoms with E-state index in [0.717, 1.165) is 5.16 Å². The van der Waals surface area contributed by atoms with Crippen LogP contribution in [0.2, 0.25) is 0 Å². The third kappa shape index (κ3) is 3.45. The van der Waals surface area contributed by atoms with Gasteiger partial charge in [0.05, 0.1) is 0 Å². The van der Waals surface area contributed by atoms with Crippen LogP contribution in [0, 0.1) is 0 Å². The predicted molar refractivity (Wildman–Crippen MR) is 73.3 cm³/mol. The quantitative estimate of drug-likeness (QED) is 0.567. The lowest BCUT2D eigenvalue weighted by Crippen LogP contribution is -2.26. The molecule has 0 bridgehead atoms. The average molecular weight is 228 g/mol. The van der Waals surface area contributed by atoms with E-state index >= 15 is 0 Å². The fraction of sp³-hybridized carbons (Fsp3) is 1.00. The maximum absolute atomic E-state index is 2.44. The summed E-state index contributed by atoms with van der Waals surface area (Å²) < 4.78 is 0. The normalized spacial score (nSPS) is 27.8. The molecule has 0 aromatic rings. The molecule has 0 aromatic carbocycles. The minimum Gasteiger partial charge on any atom is -0.101 e. The van der Waals surface area contributed by atoms with E-state index in [2.05, 4.69) is 20.8 Å². The summed E-state index contributed by atoms with van der Waals surface area (Å²) in [4.78, 5) is 0. The van der Waals surface area contributed by atoms with Crippen LogP contribution >= 0.6 is 7.92 Å². The van der Waals surface area contributed by atoms with Crippen LogP contribution in [0.5, 0.6) is 0 Å². The SMILES string of the molecule is CCP1CCCCCCCC1(CC)CC. The van der Waals surface area contributed by atoms with Gasteiger partial charge in [-0.15, -0.1) is 7.92 Å². The summed E-state index contributed by atoms with van der Waals surface area (Å²) >= 11 is 0. The highest BCUT2D eigenvalue weighted by molar-refractivity contribution is 7.59. The molecule has 0 nitrogen and oxygen atoms in total. The molecule has 0 N–H and O–H groups in total. The summed E-state index contributed by atoms with van der Waals surface area (Å²) in [7, 11) is 0.322. The van der Waals surface area contributed by atoms with E-state index in [0.29, 0.717) is 7.92 Å². The Bertz CT molecular complexity index is 161. The molecule has 90 valence electrons. The Morgan fingerprint density at radius 3 is 2.07 bits per heavy atom. The topological polar surface area (TPSA) is 0 Å². The third-order valence-electron chi connectivity index (χ3n) is 4.44. The fourth-order valence-corrected chi connectivity index (χ4v) is 6.66. The predicted octanol–water partition coefficient (Wildman–Crippen LogP) is 5.40. The van der Waals surface area contributed by atoms with Crippen LogP contribution in [0.3, 0.4) is 0 Å². The van der Waals surface area contributed by atoms with Gasteiger partial charge in [0, 0.05) is 0 Å². The van der Waals surface area contributed by atoms with Crippen molar-refractivity contribution in [1.29, 1.82) is 0 Å². The zero-order valence-corrected chi connectivity index (χ0v) is 11.9. The molecule has 1 atom stereocenters.